The zero-order valence-electron chi connectivity index (χ0n) is 17.9. The molecule has 0 bridgehead atoms. The maximum Gasteiger partial charge on any atom is 0.322 e. The molecule has 0 aliphatic heterocycles. The highest BCUT2D eigenvalue weighted by Gasteiger charge is 2.31. The topological polar surface area (TPSA) is 228 Å². The van der Waals surface area contributed by atoms with Crippen LogP contribution in [0.25, 0.3) is 0 Å². The lowest BCUT2D eigenvalue weighted by Gasteiger charge is -2.25. The van der Waals surface area contributed by atoms with E-state index in [9.17, 15) is 34.2 Å². The van der Waals surface area contributed by atoms with E-state index in [1.54, 1.807) is 0 Å². The number of carbonyl (C=O) groups is 5. The Bertz CT molecular complexity index is 858. The van der Waals surface area contributed by atoms with Gasteiger partial charge in [-0.15, -0.1) is 0 Å². The van der Waals surface area contributed by atoms with Crippen LogP contribution in [0.1, 0.15) is 25.3 Å². The molecular weight excluding hydrogens is 440 g/mol. The van der Waals surface area contributed by atoms with E-state index >= 15 is 0 Å². The summed E-state index contributed by atoms with van der Waals surface area (Å²) in [6.07, 6.45) is -2.03. The molecule has 33 heavy (non-hydrogen) atoms. The maximum atomic E-state index is 12.9. The van der Waals surface area contributed by atoms with Gasteiger partial charge < -0.3 is 42.1 Å². The summed E-state index contributed by atoms with van der Waals surface area (Å²) < 4.78 is 0. The third-order valence-corrected chi connectivity index (χ3v) is 4.49. The molecule has 1 rings (SSSR count). The first-order valence-corrected chi connectivity index (χ1v) is 9.94. The van der Waals surface area contributed by atoms with Crippen LogP contribution in [0.2, 0.25) is 0 Å². The standard InChI is InChI=1S/C20H28N4O9/c1-10(25)17(20(33)22-9-16(29)30)24-19(32)14(8-11-2-4-12(26)5-3-11)23-18(31)13(21)6-7-15(27)28/h2-5,10,13-14,17,25-26H,6-9,21H2,1H3,(H,22,33)(H,23,31)(H,24,32)(H,27,28)(H,29,30). The predicted octanol–water partition coefficient (Wildman–Crippen LogP) is -2.32. The Balaban J connectivity index is 3.01. The number of carboxylic acid groups (broad SMARTS) is 2. The van der Waals surface area contributed by atoms with Crippen molar-refractivity contribution in [2.45, 2.75) is 50.4 Å². The molecule has 0 aliphatic carbocycles. The van der Waals surface area contributed by atoms with Gasteiger partial charge in [-0.25, -0.2) is 0 Å². The molecule has 1 aromatic carbocycles. The Labute approximate surface area is 189 Å². The highest BCUT2D eigenvalue weighted by molar-refractivity contribution is 5.94. The number of hydrogen-bond acceptors (Lipinski definition) is 8. The van der Waals surface area contributed by atoms with Gasteiger partial charge in [0.25, 0.3) is 0 Å². The molecule has 0 aromatic heterocycles. The Hall–Kier alpha value is -3.71. The summed E-state index contributed by atoms with van der Waals surface area (Å²) in [6, 6.07) is 1.70. The molecule has 0 fully saturated rings. The van der Waals surface area contributed by atoms with Gasteiger partial charge in [0.05, 0.1) is 12.1 Å². The number of amides is 3. The Morgan fingerprint density at radius 1 is 0.939 bits per heavy atom. The fourth-order valence-corrected chi connectivity index (χ4v) is 2.70. The molecule has 4 unspecified atom stereocenters. The number of hydrogen-bond donors (Lipinski definition) is 8. The molecule has 0 heterocycles. The lowest BCUT2D eigenvalue weighted by molar-refractivity contribution is -0.139. The van der Waals surface area contributed by atoms with Crippen LogP contribution in [0.5, 0.6) is 5.75 Å². The van der Waals surface area contributed by atoms with Gasteiger partial charge in [0.15, 0.2) is 0 Å². The van der Waals surface area contributed by atoms with Gasteiger partial charge in [0.2, 0.25) is 17.7 Å². The number of carboxylic acids is 2. The number of rotatable bonds is 13. The number of aliphatic carboxylic acids is 2. The first kappa shape index (κ1) is 27.3. The summed E-state index contributed by atoms with van der Waals surface area (Å²) in [4.78, 5) is 58.8. The minimum Gasteiger partial charge on any atom is -0.508 e. The van der Waals surface area contributed by atoms with Gasteiger partial charge in [-0.1, -0.05) is 12.1 Å². The van der Waals surface area contributed by atoms with Crippen LogP contribution in [-0.2, 0) is 30.4 Å². The van der Waals surface area contributed by atoms with Crippen LogP contribution in [0, 0.1) is 0 Å². The monoisotopic (exact) mass is 468 g/mol. The van der Waals surface area contributed by atoms with Gasteiger partial charge in [0, 0.05) is 12.8 Å². The molecular formula is C20H28N4O9. The van der Waals surface area contributed by atoms with Crippen molar-refractivity contribution in [1.29, 1.82) is 0 Å². The minimum atomic E-state index is -1.52. The van der Waals surface area contributed by atoms with Crippen molar-refractivity contribution in [3.63, 3.8) is 0 Å². The third-order valence-electron chi connectivity index (χ3n) is 4.49. The first-order chi connectivity index (χ1) is 15.4. The molecule has 182 valence electrons. The molecule has 13 heteroatoms. The number of phenolic OH excluding ortho intramolecular Hbond substituents is 1. The average molecular weight is 468 g/mol. The molecule has 0 spiro atoms. The third kappa shape index (κ3) is 9.97. The number of nitrogens with one attached hydrogen (secondary N) is 3. The number of aromatic hydroxyl groups is 1. The van der Waals surface area contributed by atoms with Crippen molar-refractivity contribution in [3.05, 3.63) is 29.8 Å². The van der Waals surface area contributed by atoms with Crippen molar-refractivity contribution >= 4 is 29.7 Å². The van der Waals surface area contributed by atoms with Crippen molar-refractivity contribution in [3.8, 4) is 5.75 Å². The van der Waals surface area contributed by atoms with E-state index in [1.807, 2.05) is 5.32 Å². The van der Waals surface area contributed by atoms with Crippen LogP contribution in [0.3, 0.4) is 0 Å². The van der Waals surface area contributed by atoms with Crippen molar-refractivity contribution in [1.82, 2.24) is 16.0 Å². The second-order valence-corrected chi connectivity index (χ2v) is 7.31. The number of benzene rings is 1. The lowest BCUT2D eigenvalue weighted by Crippen LogP contribution is -2.59. The van der Waals surface area contributed by atoms with Gasteiger partial charge in [-0.2, -0.15) is 0 Å². The summed E-state index contributed by atoms with van der Waals surface area (Å²) in [7, 11) is 0. The molecule has 0 radical (unpaired) electrons. The largest absolute Gasteiger partial charge is 0.508 e. The van der Waals surface area contributed by atoms with Crippen LogP contribution >= 0.6 is 0 Å². The number of nitrogens with two attached hydrogens (primary N) is 1. The number of aliphatic hydroxyl groups excluding tert-OH is 1. The van der Waals surface area contributed by atoms with Crippen molar-refractivity contribution in [2.75, 3.05) is 6.54 Å². The van der Waals surface area contributed by atoms with E-state index in [0.717, 1.165) is 0 Å². The maximum absolute atomic E-state index is 12.9. The number of carbonyl (C=O) groups excluding carboxylic acids is 3. The Kier molecular flexibility index (Phi) is 10.7. The van der Waals surface area contributed by atoms with E-state index in [1.165, 1.54) is 31.2 Å². The van der Waals surface area contributed by atoms with Gasteiger partial charge in [0.1, 0.15) is 24.4 Å². The highest BCUT2D eigenvalue weighted by Crippen LogP contribution is 2.12. The van der Waals surface area contributed by atoms with E-state index in [2.05, 4.69) is 10.6 Å². The van der Waals surface area contributed by atoms with Crippen LogP contribution in [0.15, 0.2) is 24.3 Å². The fraction of sp³-hybridized carbons (Fsp3) is 0.450. The zero-order valence-corrected chi connectivity index (χ0v) is 17.9. The van der Waals surface area contributed by atoms with E-state index in [0.29, 0.717) is 5.56 Å². The molecule has 0 aliphatic rings. The van der Waals surface area contributed by atoms with Crippen molar-refractivity contribution < 1.29 is 44.4 Å². The molecule has 9 N–H and O–H groups in total. The number of aliphatic hydroxyl groups is 1. The summed E-state index contributed by atoms with van der Waals surface area (Å²) >= 11 is 0. The smallest absolute Gasteiger partial charge is 0.322 e. The Morgan fingerprint density at radius 3 is 2.06 bits per heavy atom. The molecule has 4 atom stereocenters. The van der Waals surface area contributed by atoms with Gasteiger partial charge in [-0.05, 0) is 31.0 Å². The zero-order chi connectivity index (χ0) is 25.1. The minimum absolute atomic E-state index is 0.0243. The lowest BCUT2D eigenvalue weighted by atomic mass is 10.0. The first-order valence-electron chi connectivity index (χ1n) is 9.94. The fourth-order valence-electron chi connectivity index (χ4n) is 2.70. The van der Waals surface area contributed by atoms with E-state index in [-0.39, 0.29) is 25.0 Å². The van der Waals surface area contributed by atoms with Crippen LogP contribution < -0.4 is 21.7 Å². The normalized spacial score (nSPS) is 14.3. The second-order valence-electron chi connectivity index (χ2n) is 7.31. The van der Waals surface area contributed by atoms with E-state index in [4.69, 9.17) is 15.9 Å². The Morgan fingerprint density at radius 2 is 1.55 bits per heavy atom. The number of phenols is 1. The molecule has 3 amide bonds. The second kappa shape index (κ2) is 13.0. The molecule has 0 saturated carbocycles. The van der Waals surface area contributed by atoms with E-state index < -0.39 is 60.4 Å². The van der Waals surface area contributed by atoms with Crippen LogP contribution in [-0.4, -0.2) is 80.9 Å². The predicted molar refractivity (Wildman–Crippen MR) is 113 cm³/mol. The quantitative estimate of drug-likeness (QED) is 0.154. The summed E-state index contributed by atoms with van der Waals surface area (Å²) in [6.45, 7) is 0.477. The molecule has 0 saturated heterocycles. The van der Waals surface area contributed by atoms with Gasteiger partial charge in [-0.3, -0.25) is 24.0 Å². The highest BCUT2D eigenvalue weighted by atomic mass is 16.4. The molecule has 1 aromatic rings. The molecule has 13 nitrogen and oxygen atoms in total. The van der Waals surface area contributed by atoms with Crippen molar-refractivity contribution in [2.24, 2.45) is 5.73 Å². The average Bonchev–Trinajstić information content (AvgIpc) is 2.74. The SMILES string of the molecule is CC(O)C(NC(=O)C(Cc1ccc(O)cc1)NC(=O)C(N)CCC(=O)O)C(=O)NCC(=O)O. The van der Waals surface area contributed by atoms with Crippen LogP contribution in [0.4, 0.5) is 0 Å². The summed E-state index contributed by atoms with van der Waals surface area (Å²) in [5.41, 5.74) is 6.22. The van der Waals surface area contributed by atoms with Gasteiger partial charge >= 0.3 is 11.9 Å². The summed E-state index contributed by atoms with van der Waals surface area (Å²) in [5.74, 6) is -5.13. The summed E-state index contributed by atoms with van der Waals surface area (Å²) in [5, 5.41) is 43.4.